The van der Waals surface area contributed by atoms with Gasteiger partial charge in [0, 0.05) is 5.69 Å². The Morgan fingerprint density at radius 1 is 1.10 bits per heavy atom. The lowest BCUT2D eigenvalue weighted by Gasteiger charge is -2.18. The van der Waals surface area contributed by atoms with Crippen LogP contribution in [0.3, 0.4) is 0 Å². The highest BCUT2D eigenvalue weighted by Gasteiger charge is 2.20. The maximum atomic E-state index is 11.4. The zero-order valence-electron chi connectivity index (χ0n) is 11.7. The number of aryl methyl sites for hydroxylation is 1. The highest BCUT2D eigenvalue weighted by molar-refractivity contribution is 5.99. The molecule has 0 saturated heterocycles. The van der Waals surface area contributed by atoms with Gasteiger partial charge in [-0.05, 0) is 36.7 Å². The van der Waals surface area contributed by atoms with E-state index in [4.69, 9.17) is 0 Å². The molecular formula is C17H18N2O. The van der Waals surface area contributed by atoms with E-state index >= 15 is 0 Å². The van der Waals surface area contributed by atoms with E-state index in [-0.39, 0.29) is 11.9 Å². The van der Waals surface area contributed by atoms with E-state index in [2.05, 4.69) is 54.0 Å². The molecule has 102 valence electrons. The highest BCUT2D eigenvalue weighted by atomic mass is 16.1. The van der Waals surface area contributed by atoms with Crippen LogP contribution < -0.4 is 10.6 Å². The first kappa shape index (κ1) is 12.9. The molecule has 0 spiro atoms. The van der Waals surface area contributed by atoms with Gasteiger partial charge in [-0.15, -0.1) is 0 Å². The average molecular weight is 266 g/mol. The second kappa shape index (κ2) is 5.10. The van der Waals surface area contributed by atoms with Crippen LogP contribution in [0.1, 0.15) is 28.3 Å². The van der Waals surface area contributed by atoms with Crippen LogP contribution >= 0.6 is 0 Å². The number of hydrogen-bond donors (Lipinski definition) is 2. The van der Waals surface area contributed by atoms with Gasteiger partial charge in [0.25, 0.3) is 0 Å². The van der Waals surface area contributed by atoms with Crippen molar-refractivity contribution in [1.82, 2.24) is 5.32 Å². The standard InChI is InChI=1S/C17H18N2O/c1-11-3-5-12(6-4-11)17(18-2)13-7-8-15-14(9-13)10-16(20)19-15/h3-9,17-18H,10H2,1-2H3,(H,19,20). The molecule has 0 bridgehead atoms. The van der Waals surface area contributed by atoms with Crippen molar-refractivity contribution >= 4 is 11.6 Å². The number of carbonyl (C=O) groups excluding carboxylic acids is 1. The Kier molecular flexibility index (Phi) is 3.28. The van der Waals surface area contributed by atoms with Gasteiger partial charge in [-0.25, -0.2) is 0 Å². The van der Waals surface area contributed by atoms with Crippen LogP contribution in [0.25, 0.3) is 0 Å². The minimum atomic E-state index is 0.0773. The van der Waals surface area contributed by atoms with Crippen molar-refractivity contribution < 1.29 is 4.79 Å². The smallest absolute Gasteiger partial charge is 0.228 e. The summed E-state index contributed by atoms with van der Waals surface area (Å²) in [5.41, 5.74) is 5.70. The van der Waals surface area contributed by atoms with Crippen LogP contribution in [-0.2, 0) is 11.2 Å². The molecular weight excluding hydrogens is 248 g/mol. The molecule has 0 fully saturated rings. The first-order valence-corrected chi connectivity index (χ1v) is 6.84. The summed E-state index contributed by atoms with van der Waals surface area (Å²) in [6.07, 6.45) is 0.480. The lowest BCUT2D eigenvalue weighted by atomic mass is 9.96. The average Bonchev–Trinajstić information content (AvgIpc) is 2.81. The van der Waals surface area contributed by atoms with E-state index in [0.29, 0.717) is 6.42 Å². The zero-order chi connectivity index (χ0) is 14.1. The van der Waals surface area contributed by atoms with Crippen LogP contribution in [0.2, 0.25) is 0 Å². The van der Waals surface area contributed by atoms with Crippen molar-refractivity contribution in [2.75, 3.05) is 12.4 Å². The molecule has 3 rings (SSSR count). The predicted molar refractivity (Wildman–Crippen MR) is 80.9 cm³/mol. The molecule has 0 aromatic heterocycles. The number of fused-ring (bicyclic) bond motifs is 1. The number of benzene rings is 2. The fourth-order valence-electron chi connectivity index (χ4n) is 2.71. The molecule has 1 aliphatic heterocycles. The topological polar surface area (TPSA) is 41.1 Å². The Balaban J connectivity index is 1.96. The summed E-state index contributed by atoms with van der Waals surface area (Å²) in [5, 5.41) is 6.22. The number of anilines is 1. The Hall–Kier alpha value is -2.13. The summed E-state index contributed by atoms with van der Waals surface area (Å²) in [5.74, 6) is 0.0773. The SMILES string of the molecule is CNC(c1ccc(C)cc1)c1ccc2c(c1)CC(=O)N2. The first-order chi connectivity index (χ1) is 9.67. The molecule has 1 unspecified atom stereocenters. The van der Waals surface area contributed by atoms with Crippen molar-refractivity contribution in [2.45, 2.75) is 19.4 Å². The number of amides is 1. The van der Waals surface area contributed by atoms with E-state index in [0.717, 1.165) is 11.3 Å². The molecule has 3 heteroatoms. The third kappa shape index (κ3) is 2.32. The number of nitrogens with one attached hydrogen (secondary N) is 2. The predicted octanol–water partition coefficient (Wildman–Crippen LogP) is 2.80. The molecule has 1 atom stereocenters. The number of rotatable bonds is 3. The van der Waals surface area contributed by atoms with Crippen molar-refractivity contribution in [3.63, 3.8) is 0 Å². The van der Waals surface area contributed by atoms with Gasteiger partial charge in [0.1, 0.15) is 0 Å². The van der Waals surface area contributed by atoms with Gasteiger partial charge in [0.2, 0.25) is 5.91 Å². The van der Waals surface area contributed by atoms with Crippen molar-refractivity contribution in [3.8, 4) is 0 Å². The fourth-order valence-corrected chi connectivity index (χ4v) is 2.71. The van der Waals surface area contributed by atoms with Gasteiger partial charge in [-0.2, -0.15) is 0 Å². The number of carbonyl (C=O) groups is 1. The maximum Gasteiger partial charge on any atom is 0.228 e. The molecule has 0 aliphatic carbocycles. The first-order valence-electron chi connectivity index (χ1n) is 6.84. The quantitative estimate of drug-likeness (QED) is 0.897. The van der Waals surface area contributed by atoms with E-state index in [9.17, 15) is 4.79 Å². The second-order valence-corrected chi connectivity index (χ2v) is 5.27. The lowest BCUT2D eigenvalue weighted by molar-refractivity contribution is -0.115. The molecule has 1 heterocycles. The summed E-state index contributed by atoms with van der Waals surface area (Å²) >= 11 is 0. The molecule has 0 saturated carbocycles. The van der Waals surface area contributed by atoms with Gasteiger partial charge in [-0.1, -0.05) is 42.0 Å². The van der Waals surface area contributed by atoms with Gasteiger partial charge in [0.15, 0.2) is 0 Å². The third-order valence-corrected chi connectivity index (χ3v) is 3.79. The molecule has 0 radical (unpaired) electrons. The van der Waals surface area contributed by atoms with E-state index in [1.807, 2.05) is 13.1 Å². The van der Waals surface area contributed by atoms with E-state index in [1.54, 1.807) is 0 Å². The van der Waals surface area contributed by atoms with Crippen molar-refractivity contribution in [2.24, 2.45) is 0 Å². The van der Waals surface area contributed by atoms with Crippen LogP contribution in [0.4, 0.5) is 5.69 Å². The molecule has 1 amide bonds. The van der Waals surface area contributed by atoms with Crippen molar-refractivity contribution in [3.05, 3.63) is 64.7 Å². The Morgan fingerprint density at radius 3 is 2.50 bits per heavy atom. The number of hydrogen-bond acceptors (Lipinski definition) is 2. The molecule has 3 nitrogen and oxygen atoms in total. The monoisotopic (exact) mass is 266 g/mol. The minimum absolute atomic E-state index is 0.0773. The molecule has 2 aromatic rings. The van der Waals surface area contributed by atoms with E-state index in [1.165, 1.54) is 16.7 Å². The summed E-state index contributed by atoms with van der Waals surface area (Å²) in [7, 11) is 1.96. The lowest BCUT2D eigenvalue weighted by Crippen LogP contribution is -2.17. The van der Waals surface area contributed by atoms with Crippen LogP contribution in [0.15, 0.2) is 42.5 Å². The van der Waals surface area contributed by atoms with Crippen LogP contribution in [0.5, 0.6) is 0 Å². The Morgan fingerprint density at radius 2 is 1.80 bits per heavy atom. The maximum absolute atomic E-state index is 11.4. The van der Waals surface area contributed by atoms with E-state index < -0.39 is 0 Å². The fraction of sp³-hybridized carbons (Fsp3) is 0.235. The molecule has 20 heavy (non-hydrogen) atoms. The normalized spacial score (nSPS) is 14.8. The minimum Gasteiger partial charge on any atom is -0.326 e. The summed E-state index contributed by atoms with van der Waals surface area (Å²) in [6.45, 7) is 2.09. The second-order valence-electron chi connectivity index (χ2n) is 5.27. The van der Waals surface area contributed by atoms with Gasteiger partial charge in [-0.3, -0.25) is 4.79 Å². The largest absolute Gasteiger partial charge is 0.326 e. The van der Waals surface area contributed by atoms with Gasteiger partial charge in [0.05, 0.1) is 12.5 Å². The van der Waals surface area contributed by atoms with Crippen molar-refractivity contribution in [1.29, 1.82) is 0 Å². The van der Waals surface area contributed by atoms with Gasteiger partial charge >= 0.3 is 0 Å². The summed E-state index contributed by atoms with van der Waals surface area (Å²) < 4.78 is 0. The molecule has 2 N–H and O–H groups in total. The third-order valence-electron chi connectivity index (χ3n) is 3.79. The Bertz CT molecular complexity index is 647. The highest BCUT2D eigenvalue weighted by Crippen LogP contribution is 2.29. The van der Waals surface area contributed by atoms with Gasteiger partial charge < -0.3 is 10.6 Å². The van der Waals surface area contributed by atoms with Crippen LogP contribution in [0, 0.1) is 6.92 Å². The zero-order valence-corrected chi connectivity index (χ0v) is 11.7. The molecule has 1 aliphatic rings. The summed E-state index contributed by atoms with van der Waals surface area (Å²) in [4.78, 5) is 11.4. The summed E-state index contributed by atoms with van der Waals surface area (Å²) in [6, 6.07) is 14.9. The Labute approximate surface area is 119 Å². The van der Waals surface area contributed by atoms with Crippen LogP contribution in [-0.4, -0.2) is 13.0 Å². The molecule has 2 aromatic carbocycles.